The van der Waals surface area contributed by atoms with Gasteiger partial charge in [0.05, 0.1) is 18.5 Å². The maximum Gasteiger partial charge on any atom is 0.237 e. The largest absolute Gasteiger partial charge is 0.378 e. The quantitative estimate of drug-likeness (QED) is 0.550. The van der Waals surface area contributed by atoms with E-state index in [9.17, 15) is 4.79 Å². The van der Waals surface area contributed by atoms with Crippen LogP contribution >= 0.6 is 11.8 Å². The van der Waals surface area contributed by atoms with Crippen LogP contribution in [0, 0.1) is 0 Å². The summed E-state index contributed by atoms with van der Waals surface area (Å²) in [4.78, 5) is 19.3. The van der Waals surface area contributed by atoms with Crippen LogP contribution in [0.5, 0.6) is 0 Å². The van der Waals surface area contributed by atoms with Crippen molar-refractivity contribution < 1.29 is 9.53 Å². The fourth-order valence-corrected chi connectivity index (χ4v) is 4.66. The first kappa shape index (κ1) is 21.0. The number of pyridine rings is 1. The van der Waals surface area contributed by atoms with Gasteiger partial charge in [0.2, 0.25) is 5.91 Å². The Morgan fingerprint density at radius 2 is 1.94 bits per heavy atom. The number of amides is 1. The van der Waals surface area contributed by atoms with Gasteiger partial charge in [0, 0.05) is 48.5 Å². The molecule has 166 valence electrons. The van der Waals surface area contributed by atoms with Crippen LogP contribution in [0.15, 0.2) is 53.9 Å². The first-order valence-corrected chi connectivity index (χ1v) is 11.8. The highest BCUT2D eigenvalue weighted by Gasteiger charge is 2.31. The van der Waals surface area contributed by atoms with Gasteiger partial charge >= 0.3 is 0 Å². The van der Waals surface area contributed by atoms with Crippen LogP contribution in [0.2, 0.25) is 0 Å². The Balaban J connectivity index is 1.25. The van der Waals surface area contributed by atoms with E-state index < -0.39 is 0 Å². The summed E-state index contributed by atoms with van der Waals surface area (Å²) in [5, 5.41) is 12.3. The average molecular weight is 451 g/mol. The third-order valence-electron chi connectivity index (χ3n) is 5.66. The second-order valence-electron chi connectivity index (χ2n) is 8.04. The second-order valence-corrected chi connectivity index (χ2v) is 9.35. The molecule has 8 nitrogen and oxygen atoms in total. The molecule has 5 rings (SSSR count). The van der Waals surface area contributed by atoms with E-state index in [0.29, 0.717) is 6.04 Å². The van der Waals surface area contributed by atoms with Gasteiger partial charge in [-0.1, -0.05) is 11.8 Å². The molecule has 32 heavy (non-hydrogen) atoms. The molecular weight excluding hydrogens is 424 g/mol. The number of rotatable bonds is 7. The summed E-state index contributed by atoms with van der Waals surface area (Å²) in [6.07, 6.45) is 5.76. The summed E-state index contributed by atoms with van der Waals surface area (Å²) in [5.41, 5.74) is 2.88. The van der Waals surface area contributed by atoms with Gasteiger partial charge in [-0.25, -0.2) is 0 Å². The SMILES string of the molecule is CC(Sc1nnc(-c2cccnc2)n1C1CC1)C(=O)Nc1ccc(N2CCOCC2)cc1. The van der Waals surface area contributed by atoms with Gasteiger partial charge in [-0.3, -0.25) is 14.3 Å². The topological polar surface area (TPSA) is 85.2 Å². The monoisotopic (exact) mass is 450 g/mol. The predicted molar refractivity (Wildman–Crippen MR) is 125 cm³/mol. The molecule has 2 aromatic heterocycles. The lowest BCUT2D eigenvalue weighted by atomic mass is 10.2. The highest BCUT2D eigenvalue weighted by Crippen LogP contribution is 2.41. The number of aromatic nitrogens is 4. The minimum Gasteiger partial charge on any atom is -0.378 e. The maximum atomic E-state index is 12.9. The normalized spacial score (nSPS) is 17.2. The standard InChI is InChI=1S/C23H26N6O2S/c1-16(22(30)25-18-4-6-19(7-5-18)28-11-13-31-14-12-28)32-23-27-26-21(29(23)20-8-9-20)17-3-2-10-24-15-17/h2-7,10,15-16,20H,8-9,11-14H2,1H3,(H,25,30). The molecule has 1 saturated heterocycles. The Morgan fingerprint density at radius 1 is 1.16 bits per heavy atom. The number of nitrogens with one attached hydrogen (secondary N) is 1. The number of nitrogens with zero attached hydrogens (tertiary/aromatic N) is 5. The zero-order valence-corrected chi connectivity index (χ0v) is 18.8. The van der Waals surface area contributed by atoms with E-state index in [1.807, 2.05) is 43.3 Å². The van der Waals surface area contributed by atoms with Gasteiger partial charge in [0.25, 0.3) is 0 Å². The lowest BCUT2D eigenvalue weighted by molar-refractivity contribution is -0.115. The van der Waals surface area contributed by atoms with E-state index in [4.69, 9.17) is 4.74 Å². The Hall–Kier alpha value is -2.91. The Kier molecular flexibility index (Phi) is 6.09. The molecule has 0 bridgehead atoms. The van der Waals surface area contributed by atoms with Crippen LogP contribution in [-0.4, -0.2) is 57.2 Å². The maximum absolute atomic E-state index is 12.9. The van der Waals surface area contributed by atoms with Crippen molar-refractivity contribution in [2.24, 2.45) is 0 Å². The van der Waals surface area contributed by atoms with Gasteiger partial charge in [0.15, 0.2) is 11.0 Å². The van der Waals surface area contributed by atoms with E-state index in [2.05, 4.69) is 30.0 Å². The highest BCUT2D eigenvalue weighted by atomic mass is 32.2. The van der Waals surface area contributed by atoms with E-state index in [1.54, 1.807) is 12.4 Å². The van der Waals surface area contributed by atoms with Crippen LogP contribution in [-0.2, 0) is 9.53 Å². The van der Waals surface area contributed by atoms with Crippen LogP contribution in [0.1, 0.15) is 25.8 Å². The summed E-state index contributed by atoms with van der Waals surface area (Å²) in [6, 6.07) is 12.3. The van der Waals surface area contributed by atoms with E-state index >= 15 is 0 Å². The predicted octanol–water partition coefficient (Wildman–Crippen LogP) is 3.63. The number of anilines is 2. The molecule has 0 radical (unpaired) electrons. The van der Waals surface area contributed by atoms with Crippen LogP contribution in [0.3, 0.4) is 0 Å². The molecule has 1 aliphatic carbocycles. The van der Waals surface area contributed by atoms with Crippen molar-refractivity contribution in [1.29, 1.82) is 0 Å². The molecule has 0 spiro atoms. The summed E-state index contributed by atoms with van der Waals surface area (Å²) in [7, 11) is 0. The number of ether oxygens (including phenoxy) is 1. The number of morpholine rings is 1. The number of carbonyl (C=O) groups is 1. The number of hydrogen-bond acceptors (Lipinski definition) is 7. The van der Waals surface area contributed by atoms with Crippen LogP contribution in [0.25, 0.3) is 11.4 Å². The fourth-order valence-electron chi connectivity index (χ4n) is 3.74. The van der Waals surface area contributed by atoms with E-state index in [1.165, 1.54) is 11.8 Å². The van der Waals surface area contributed by atoms with Gasteiger partial charge in [-0.2, -0.15) is 0 Å². The first-order chi connectivity index (χ1) is 15.7. The molecular formula is C23H26N6O2S. The molecule has 1 atom stereocenters. The molecule has 1 aromatic carbocycles. The van der Waals surface area contributed by atoms with Crippen molar-refractivity contribution in [1.82, 2.24) is 19.7 Å². The molecule has 1 unspecified atom stereocenters. The van der Waals surface area contributed by atoms with Gasteiger partial charge in [0.1, 0.15) is 0 Å². The number of hydrogen-bond donors (Lipinski definition) is 1. The van der Waals surface area contributed by atoms with Gasteiger partial charge < -0.3 is 15.0 Å². The van der Waals surface area contributed by atoms with Crippen LogP contribution in [0.4, 0.5) is 11.4 Å². The Morgan fingerprint density at radius 3 is 2.62 bits per heavy atom. The summed E-state index contributed by atoms with van der Waals surface area (Å²) >= 11 is 1.44. The molecule has 1 aliphatic heterocycles. The smallest absolute Gasteiger partial charge is 0.237 e. The zero-order valence-electron chi connectivity index (χ0n) is 18.0. The number of carbonyl (C=O) groups excluding carboxylic acids is 1. The third-order valence-corrected chi connectivity index (χ3v) is 6.72. The highest BCUT2D eigenvalue weighted by molar-refractivity contribution is 8.00. The van der Waals surface area contributed by atoms with Crippen molar-refractivity contribution in [2.45, 2.75) is 36.2 Å². The summed E-state index contributed by atoms with van der Waals surface area (Å²) < 4.78 is 7.57. The summed E-state index contributed by atoms with van der Waals surface area (Å²) in [6.45, 7) is 5.18. The average Bonchev–Trinajstić information content (AvgIpc) is 3.60. The molecule has 9 heteroatoms. The molecule has 3 aromatic rings. The van der Waals surface area contributed by atoms with Crippen molar-refractivity contribution in [3.05, 3.63) is 48.8 Å². The van der Waals surface area contributed by atoms with Crippen molar-refractivity contribution in [2.75, 3.05) is 36.5 Å². The molecule has 1 saturated carbocycles. The minimum atomic E-state index is -0.308. The molecule has 2 aliphatic rings. The Bertz CT molecular complexity index is 1060. The van der Waals surface area contributed by atoms with E-state index in [0.717, 1.165) is 67.1 Å². The molecule has 1 amide bonds. The van der Waals surface area contributed by atoms with Crippen LogP contribution < -0.4 is 10.2 Å². The minimum absolute atomic E-state index is 0.0533. The number of thioether (sulfide) groups is 1. The third kappa shape index (κ3) is 4.63. The molecule has 3 heterocycles. The second kappa shape index (κ2) is 9.30. The fraction of sp³-hybridized carbons (Fsp3) is 0.391. The van der Waals surface area contributed by atoms with E-state index in [-0.39, 0.29) is 11.2 Å². The van der Waals surface area contributed by atoms with Crippen molar-refractivity contribution >= 4 is 29.0 Å². The summed E-state index contributed by atoms with van der Waals surface area (Å²) in [5.74, 6) is 0.761. The molecule has 2 fully saturated rings. The van der Waals surface area contributed by atoms with Crippen molar-refractivity contribution in [3.8, 4) is 11.4 Å². The van der Waals surface area contributed by atoms with Crippen molar-refractivity contribution in [3.63, 3.8) is 0 Å². The Labute approximate surface area is 191 Å². The lowest BCUT2D eigenvalue weighted by Crippen LogP contribution is -2.36. The lowest BCUT2D eigenvalue weighted by Gasteiger charge is -2.28. The van der Waals surface area contributed by atoms with Gasteiger partial charge in [-0.15, -0.1) is 10.2 Å². The molecule has 1 N–H and O–H groups in total. The first-order valence-electron chi connectivity index (χ1n) is 10.9. The van der Waals surface area contributed by atoms with Gasteiger partial charge in [-0.05, 0) is 56.2 Å². The number of benzene rings is 1. The zero-order chi connectivity index (χ0) is 21.9.